The molecule has 1 aliphatic rings. The maximum absolute atomic E-state index is 11.9. The third kappa shape index (κ3) is 4.49. The minimum Gasteiger partial charge on any atom is -0.469 e. The molecule has 1 amide bonds. The van der Waals surface area contributed by atoms with Crippen LogP contribution >= 0.6 is 0 Å². The Morgan fingerprint density at radius 3 is 2.47 bits per heavy atom. The lowest BCUT2D eigenvalue weighted by molar-refractivity contribution is -0.146. The molecule has 5 heteroatoms. The van der Waals surface area contributed by atoms with E-state index in [0.29, 0.717) is 13.1 Å². The van der Waals surface area contributed by atoms with Gasteiger partial charge in [0, 0.05) is 19.1 Å². The van der Waals surface area contributed by atoms with E-state index in [1.165, 1.54) is 7.11 Å². The van der Waals surface area contributed by atoms with Crippen LogP contribution in [-0.4, -0.2) is 49.6 Å². The lowest BCUT2D eigenvalue weighted by Crippen LogP contribution is -2.41. The lowest BCUT2D eigenvalue weighted by atomic mass is 9.99. The Labute approximate surface area is 115 Å². The van der Waals surface area contributed by atoms with Crippen LogP contribution in [0.15, 0.2) is 0 Å². The fourth-order valence-electron chi connectivity index (χ4n) is 2.62. The van der Waals surface area contributed by atoms with Crippen molar-refractivity contribution in [1.29, 1.82) is 0 Å². The molecule has 0 radical (unpaired) electrons. The van der Waals surface area contributed by atoms with Crippen molar-refractivity contribution in [3.05, 3.63) is 0 Å². The first-order valence-electron chi connectivity index (χ1n) is 7.11. The van der Waals surface area contributed by atoms with E-state index in [-0.39, 0.29) is 29.8 Å². The molecule has 1 saturated heterocycles. The van der Waals surface area contributed by atoms with Gasteiger partial charge in [-0.15, -0.1) is 0 Å². The molecule has 19 heavy (non-hydrogen) atoms. The average molecular weight is 270 g/mol. The normalized spacial score (nSPS) is 23.6. The van der Waals surface area contributed by atoms with Crippen LogP contribution in [-0.2, 0) is 14.3 Å². The van der Waals surface area contributed by atoms with Gasteiger partial charge in [-0.05, 0) is 18.8 Å². The van der Waals surface area contributed by atoms with Crippen LogP contribution in [0.2, 0.25) is 0 Å². The number of hydrogen-bond acceptors (Lipinski definition) is 4. The summed E-state index contributed by atoms with van der Waals surface area (Å²) in [5.74, 6) is 0.0150. The third-order valence-electron chi connectivity index (χ3n) is 3.91. The highest BCUT2D eigenvalue weighted by atomic mass is 16.5. The number of likely N-dealkylation sites (tertiary alicyclic amines) is 1. The van der Waals surface area contributed by atoms with Crippen LogP contribution in [0.25, 0.3) is 0 Å². The van der Waals surface area contributed by atoms with E-state index in [0.717, 1.165) is 19.4 Å². The predicted octanol–water partition coefficient (Wildman–Crippen LogP) is 1.03. The summed E-state index contributed by atoms with van der Waals surface area (Å²) >= 11 is 0. The summed E-state index contributed by atoms with van der Waals surface area (Å²) in [4.78, 5) is 25.5. The first-order valence-corrected chi connectivity index (χ1v) is 7.11. The Bertz CT molecular complexity index is 316. The third-order valence-corrected chi connectivity index (χ3v) is 3.91. The number of nitrogens with one attached hydrogen (secondary N) is 1. The molecule has 1 rings (SSSR count). The molecule has 0 saturated carbocycles. The first kappa shape index (κ1) is 16.0. The van der Waals surface area contributed by atoms with Gasteiger partial charge < -0.3 is 10.1 Å². The van der Waals surface area contributed by atoms with E-state index in [9.17, 15) is 9.59 Å². The van der Waals surface area contributed by atoms with Gasteiger partial charge in [0.15, 0.2) is 0 Å². The monoisotopic (exact) mass is 270 g/mol. The Hall–Kier alpha value is -1.10. The van der Waals surface area contributed by atoms with E-state index in [1.807, 2.05) is 11.8 Å². The van der Waals surface area contributed by atoms with Gasteiger partial charge in [0.2, 0.25) is 5.91 Å². The summed E-state index contributed by atoms with van der Waals surface area (Å²) in [7, 11) is 1.41. The molecular weight excluding hydrogens is 244 g/mol. The fourth-order valence-corrected chi connectivity index (χ4v) is 2.62. The highest BCUT2D eigenvalue weighted by Gasteiger charge is 2.36. The van der Waals surface area contributed by atoms with Crippen molar-refractivity contribution in [2.45, 2.75) is 39.7 Å². The van der Waals surface area contributed by atoms with Crippen LogP contribution < -0.4 is 5.32 Å². The van der Waals surface area contributed by atoms with Crippen molar-refractivity contribution >= 4 is 11.9 Å². The molecule has 0 spiro atoms. The maximum atomic E-state index is 11.9. The quantitative estimate of drug-likeness (QED) is 0.732. The van der Waals surface area contributed by atoms with Crippen LogP contribution in [0.1, 0.15) is 33.6 Å². The molecule has 2 unspecified atom stereocenters. The minimum absolute atomic E-state index is 0.0476. The van der Waals surface area contributed by atoms with Gasteiger partial charge in [-0.2, -0.15) is 0 Å². The zero-order valence-corrected chi connectivity index (χ0v) is 12.4. The van der Waals surface area contributed by atoms with Crippen molar-refractivity contribution in [1.82, 2.24) is 10.2 Å². The highest BCUT2D eigenvalue weighted by Crippen LogP contribution is 2.23. The lowest BCUT2D eigenvalue weighted by Gasteiger charge is -2.19. The highest BCUT2D eigenvalue weighted by molar-refractivity contribution is 5.79. The van der Waals surface area contributed by atoms with E-state index in [1.54, 1.807) is 0 Å². The second kappa shape index (κ2) is 7.48. The number of carbonyl (C=O) groups excluding carboxylic acids is 2. The van der Waals surface area contributed by atoms with Crippen molar-refractivity contribution < 1.29 is 14.3 Å². The van der Waals surface area contributed by atoms with Gasteiger partial charge in [0.05, 0.1) is 19.6 Å². The number of rotatable bonds is 6. The van der Waals surface area contributed by atoms with Gasteiger partial charge in [0.25, 0.3) is 0 Å². The number of nitrogens with zero attached hydrogens (tertiary/aromatic N) is 1. The average Bonchev–Trinajstić information content (AvgIpc) is 2.75. The topological polar surface area (TPSA) is 58.6 Å². The van der Waals surface area contributed by atoms with Crippen LogP contribution in [0.3, 0.4) is 0 Å². The number of hydrogen-bond donors (Lipinski definition) is 1. The molecule has 0 bridgehead atoms. The summed E-state index contributed by atoms with van der Waals surface area (Å²) in [6.07, 6.45) is 1.90. The minimum atomic E-state index is -0.171. The van der Waals surface area contributed by atoms with Crippen LogP contribution in [0, 0.1) is 11.8 Å². The molecule has 110 valence electrons. The Kier molecular flexibility index (Phi) is 6.28. The van der Waals surface area contributed by atoms with Gasteiger partial charge in [-0.1, -0.05) is 20.8 Å². The second-order valence-electron chi connectivity index (χ2n) is 5.38. The second-order valence-corrected chi connectivity index (χ2v) is 5.38. The van der Waals surface area contributed by atoms with E-state index >= 15 is 0 Å². The van der Waals surface area contributed by atoms with Crippen molar-refractivity contribution in [3.8, 4) is 0 Å². The molecule has 1 heterocycles. The molecule has 1 fully saturated rings. The SMILES string of the molecule is CCC(CC)NC(=O)CN1CC(C)C(C(=O)OC)C1. The van der Waals surface area contributed by atoms with Crippen molar-refractivity contribution in [3.63, 3.8) is 0 Å². The molecule has 1 aliphatic heterocycles. The van der Waals surface area contributed by atoms with Gasteiger partial charge in [0.1, 0.15) is 0 Å². The molecule has 1 N–H and O–H groups in total. The number of ether oxygens (including phenoxy) is 1. The number of methoxy groups -OCH3 is 1. The molecular formula is C14H26N2O3. The number of esters is 1. The molecule has 0 aromatic carbocycles. The number of carbonyl (C=O) groups is 2. The largest absolute Gasteiger partial charge is 0.469 e. The summed E-state index contributed by atoms with van der Waals surface area (Å²) in [6.45, 7) is 7.92. The van der Waals surface area contributed by atoms with Crippen LogP contribution in [0.4, 0.5) is 0 Å². The van der Waals surface area contributed by atoms with Gasteiger partial charge in [-0.25, -0.2) is 0 Å². The zero-order chi connectivity index (χ0) is 14.4. The van der Waals surface area contributed by atoms with E-state index < -0.39 is 0 Å². The molecule has 5 nitrogen and oxygen atoms in total. The van der Waals surface area contributed by atoms with Crippen LogP contribution in [0.5, 0.6) is 0 Å². The summed E-state index contributed by atoms with van der Waals surface area (Å²) in [6, 6.07) is 0.254. The standard InChI is InChI=1S/C14H26N2O3/c1-5-11(6-2)15-13(17)9-16-7-10(3)12(8-16)14(18)19-4/h10-12H,5-9H2,1-4H3,(H,15,17). The summed E-state index contributed by atoms with van der Waals surface area (Å²) < 4.78 is 4.79. The smallest absolute Gasteiger partial charge is 0.310 e. The van der Waals surface area contributed by atoms with Crippen molar-refractivity contribution in [2.75, 3.05) is 26.7 Å². The van der Waals surface area contributed by atoms with E-state index in [4.69, 9.17) is 4.74 Å². The Morgan fingerprint density at radius 2 is 1.95 bits per heavy atom. The Balaban J connectivity index is 2.42. The number of amides is 1. The molecule has 0 aromatic heterocycles. The fraction of sp³-hybridized carbons (Fsp3) is 0.857. The summed E-state index contributed by atoms with van der Waals surface area (Å²) in [5, 5.41) is 3.02. The van der Waals surface area contributed by atoms with Crippen molar-refractivity contribution in [2.24, 2.45) is 11.8 Å². The first-order chi connectivity index (χ1) is 9.01. The van der Waals surface area contributed by atoms with Gasteiger partial charge in [-0.3, -0.25) is 14.5 Å². The molecule has 0 aromatic rings. The molecule has 2 atom stereocenters. The molecule has 0 aliphatic carbocycles. The maximum Gasteiger partial charge on any atom is 0.310 e. The zero-order valence-electron chi connectivity index (χ0n) is 12.4. The summed E-state index contributed by atoms with van der Waals surface area (Å²) in [5.41, 5.74) is 0. The van der Waals surface area contributed by atoms with Gasteiger partial charge >= 0.3 is 5.97 Å². The predicted molar refractivity (Wildman–Crippen MR) is 73.6 cm³/mol. The van der Waals surface area contributed by atoms with E-state index in [2.05, 4.69) is 19.2 Å². The Morgan fingerprint density at radius 1 is 1.32 bits per heavy atom.